The Hall–Kier alpha value is -2.63. The molecule has 0 atom stereocenters. The van der Waals surface area contributed by atoms with Crippen molar-refractivity contribution in [2.75, 3.05) is 5.32 Å². The molecule has 1 aromatic carbocycles. The lowest BCUT2D eigenvalue weighted by atomic mass is 10.2. The molecule has 3 aromatic rings. The summed E-state index contributed by atoms with van der Waals surface area (Å²) in [5, 5.41) is 17.1. The molecule has 18 heavy (non-hydrogen) atoms. The molecule has 0 saturated heterocycles. The number of hydrogen-bond donors (Lipinski definition) is 2. The number of rotatable bonds is 4. The third-order valence-corrected chi connectivity index (χ3v) is 2.51. The second-order valence-electron chi connectivity index (χ2n) is 3.75. The van der Waals surface area contributed by atoms with Gasteiger partial charge in [-0.15, -0.1) is 10.2 Å². The number of nitrogens with zero attached hydrogens (tertiary/aromatic N) is 3. The van der Waals surface area contributed by atoms with Gasteiger partial charge in [0.1, 0.15) is 5.76 Å². The van der Waals surface area contributed by atoms with Crippen LogP contribution in [0.25, 0.3) is 11.4 Å². The normalized spacial score (nSPS) is 10.4. The Morgan fingerprint density at radius 3 is 3.00 bits per heavy atom. The predicted octanol–water partition coefficient (Wildman–Crippen LogP) is 2.07. The molecule has 0 unspecified atom stereocenters. The minimum atomic E-state index is 0.580. The first kappa shape index (κ1) is 10.5. The molecule has 0 bridgehead atoms. The van der Waals surface area contributed by atoms with Gasteiger partial charge in [-0.2, -0.15) is 5.21 Å². The zero-order valence-corrected chi connectivity index (χ0v) is 9.50. The van der Waals surface area contributed by atoms with Crippen molar-refractivity contribution >= 4 is 5.69 Å². The lowest BCUT2D eigenvalue weighted by Gasteiger charge is -2.05. The maximum atomic E-state index is 5.26. The Bertz CT molecular complexity index is 603. The summed E-state index contributed by atoms with van der Waals surface area (Å²) in [6.07, 6.45) is 1.66. The molecule has 0 fully saturated rings. The lowest BCUT2D eigenvalue weighted by Crippen LogP contribution is -1.98. The molecule has 6 nitrogen and oxygen atoms in total. The molecule has 0 aliphatic heterocycles. The number of H-pyrrole nitrogens is 1. The molecule has 2 heterocycles. The molecular weight excluding hydrogens is 230 g/mol. The van der Waals surface area contributed by atoms with E-state index in [1.807, 2.05) is 36.4 Å². The number of hydrogen-bond acceptors (Lipinski definition) is 5. The van der Waals surface area contributed by atoms with Crippen LogP contribution in [-0.4, -0.2) is 20.6 Å². The SMILES string of the molecule is c1cc(NCc2ccco2)cc(-c2nn[nH]n2)c1. The molecular formula is C12H11N5O. The first-order valence-corrected chi connectivity index (χ1v) is 5.52. The highest BCUT2D eigenvalue weighted by Gasteiger charge is 2.03. The number of anilines is 1. The highest BCUT2D eigenvalue weighted by molar-refractivity contribution is 5.61. The quantitative estimate of drug-likeness (QED) is 0.731. The van der Waals surface area contributed by atoms with Gasteiger partial charge < -0.3 is 9.73 Å². The second-order valence-corrected chi connectivity index (χ2v) is 3.75. The molecule has 2 N–H and O–H groups in total. The number of nitrogens with one attached hydrogen (secondary N) is 2. The van der Waals surface area contributed by atoms with Crippen molar-refractivity contribution in [3.63, 3.8) is 0 Å². The predicted molar refractivity (Wildman–Crippen MR) is 65.6 cm³/mol. The monoisotopic (exact) mass is 241 g/mol. The van der Waals surface area contributed by atoms with Crippen molar-refractivity contribution in [3.05, 3.63) is 48.4 Å². The molecule has 2 aromatic heterocycles. The number of tetrazole rings is 1. The molecule has 0 aliphatic rings. The van der Waals surface area contributed by atoms with E-state index in [1.54, 1.807) is 6.26 Å². The van der Waals surface area contributed by atoms with Crippen molar-refractivity contribution < 1.29 is 4.42 Å². The van der Waals surface area contributed by atoms with Crippen LogP contribution < -0.4 is 5.32 Å². The van der Waals surface area contributed by atoms with Crippen LogP contribution in [0.2, 0.25) is 0 Å². The van der Waals surface area contributed by atoms with Crippen LogP contribution in [0.4, 0.5) is 5.69 Å². The van der Waals surface area contributed by atoms with E-state index in [2.05, 4.69) is 25.9 Å². The van der Waals surface area contributed by atoms with E-state index < -0.39 is 0 Å². The van der Waals surface area contributed by atoms with Gasteiger partial charge in [0, 0.05) is 11.3 Å². The van der Waals surface area contributed by atoms with Crippen LogP contribution in [0.5, 0.6) is 0 Å². The van der Waals surface area contributed by atoms with Gasteiger partial charge in [-0.1, -0.05) is 12.1 Å². The molecule has 0 amide bonds. The Labute approximate surface area is 103 Å². The summed E-state index contributed by atoms with van der Waals surface area (Å²) in [6, 6.07) is 11.6. The zero-order chi connectivity index (χ0) is 12.2. The lowest BCUT2D eigenvalue weighted by molar-refractivity contribution is 0.518. The largest absolute Gasteiger partial charge is 0.467 e. The van der Waals surface area contributed by atoms with Gasteiger partial charge in [0.05, 0.1) is 12.8 Å². The van der Waals surface area contributed by atoms with Crippen LogP contribution in [0, 0.1) is 0 Å². The van der Waals surface area contributed by atoms with Crippen LogP contribution >= 0.6 is 0 Å². The summed E-state index contributed by atoms with van der Waals surface area (Å²) in [6.45, 7) is 0.642. The fraction of sp³-hybridized carbons (Fsp3) is 0.0833. The Morgan fingerprint density at radius 1 is 1.22 bits per heavy atom. The Balaban J connectivity index is 1.75. The number of furan rings is 1. The van der Waals surface area contributed by atoms with Gasteiger partial charge in [-0.05, 0) is 29.5 Å². The summed E-state index contributed by atoms with van der Waals surface area (Å²) in [4.78, 5) is 0. The van der Waals surface area contributed by atoms with E-state index in [1.165, 1.54) is 0 Å². The van der Waals surface area contributed by atoms with Gasteiger partial charge in [0.15, 0.2) is 0 Å². The van der Waals surface area contributed by atoms with Gasteiger partial charge in [-0.3, -0.25) is 0 Å². The number of benzene rings is 1. The minimum absolute atomic E-state index is 0.580. The highest BCUT2D eigenvalue weighted by Crippen LogP contribution is 2.18. The third kappa shape index (κ3) is 2.22. The topological polar surface area (TPSA) is 79.6 Å². The van der Waals surface area contributed by atoms with Crippen molar-refractivity contribution in [3.8, 4) is 11.4 Å². The number of aromatic nitrogens is 4. The van der Waals surface area contributed by atoms with Crippen LogP contribution in [0.3, 0.4) is 0 Å². The van der Waals surface area contributed by atoms with Crippen molar-refractivity contribution in [2.45, 2.75) is 6.54 Å². The standard InChI is InChI=1S/C12H11N5O/c1-3-9(12-14-16-17-15-12)7-10(4-1)13-8-11-5-2-6-18-11/h1-7,13H,8H2,(H,14,15,16,17). The van der Waals surface area contributed by atoms with Gasteiger partial charge in [-0.25, -0.2) is 0 Å². The first-order chi connectivity index (χ1) is 8.92. The van der Waals surface area contributed by atoms with Gasteiger partial charge >= 0.3 is 0 Å². The maximum absolute atomic E-state index is 5.26. The summed E-state index contributed by atoms with van der Waals surface area (Å²) >= 11 is 0. The highest BCUT2D eigenvalue weighted by atomic mass is 16.3. The maximum Gasteiger partial charge on any atom is 0.204 e. The first-order valence-electron chi connectivity index (χ1n) is 5.52. The average molecular weight is 241 g/mol. The van der Waals surface area contributed by atoms with Crippen molar-refractivity contribution in [2.24, 2.45) is 0 Å². The van der Waals surface area contributed by atoms with E-state index in [0.29, 0.717) is 12.4 Å². The summed E-state index contributed by atoms with van der Waals surface area (Å²) in [7, 11) is 0. The molecule has 3 rings (SSSR count). The Morgan fingerprint density at radius 2 is 2.22 bits per heavy atom. The fourth-order valence-corrected chi connectivity index (χ4v) is 1.65. The van der Waals surface area contributed by atoms with Crippen molar-refractivity contribution in [1.29, 1.82) is 0 Å². The fourth-order valence-electron chi connectivity index (χ4n) is 1.65. The van der Waals surface area contributed by atoms with E-state index in [0.717, 1.165) is 17.0 Å². The van der Waals surface area contributed by atoms with E-state index >= 15 is 0 Å². The summed E-state index contributed by atoms with van der Waals surface area (Å²) < 4.78 is 5.26. The molecule has 0 radical (unpaired) electrons. The van der Waals surface area contributed by atoms with E-state index in [-0.39, 0.29) is 0 Å². The van der Waals surface area contributed by atoms with Gasteiger partial charge in [0.2, 0.25) is 5.82 Å². The molecule has 6 heteroatoms. The molecule has 0 aliphatic carbocycles. The molecule has 0 spiro atoms. The smallest absolute Gasteiger partial charge is 0.204 e. The van der Waals surface area contributed by atoms with E-state index in [4.69, 9.17) is 4.42 Å². The van der Waals surface area contributed by atoms with E-state index in [9.17, 15) is 0 Å². The van der Waals surface area contributed by atoms with Crippen LogP contribution in [-0.2, 0) is 6.54 Å². The minimum Gasteiger partial charge on any atom is -0.467 e. The summed E-state index contributed by atoms with van der Waals surface area (Å²) in [5.74, 6) is 1.47. The third-order valence-electron chi connectivity index (χ3n) is 2.51. The zero-order valence-electron chi connectivity index (χ0n) is 9.50. The molecule has 0 saturated carbocycles. The van der Waals surface area contributed by atoms with Crippen LogP contribution in [0.1, 0.15) is 5.76 Å². The van der Waals surface area contributed by atoms with Crippen molar-refractivity contribution in [1.82, 2.24) is 20.6 Å². The Kier molecular flexibility index (Phi) is 2.75. The van der Waals surface area contributed by atoms with Gasteiger partial charge in [0.25, 0.3) is 0 Å². The summed E-state index contributed by atoms with van der Waals surface area (Å²) in [5.41, 5.74) is 1.89. The second kappa shape index (κ2) is 4.70. The van der Waals surface area contributed by atoms with Crippen LogP contribution in [0.15, 0.2) is 47.1 Å². The average Bonchev–Trinajstić information content (AvgIpc) is 3.10. The molecule has 90 valence electrons. The number of aromatic amines is 1.